The number of rotatable bonds is 11. The first kappa shape index (κ1) is 26.1. The smallest absolute Gasteiger partial charge is 0.191 e. The van der Waals surface area contributed by atoms with Crippen molar-refractivity contribution in [3.8, 4) is 0 Å². The van der Waals surface area contributed by atoms with E-state index in [1.54, 1.807) is 7.11 Å². The monoisotopic (exact) mass is 522 g/mol. The van der Waals surface area contributed by atoms with Crippen molar-refractivity contribution in [1.82, 2.24) is 15.5 Å². The van der Waals surface area contributed by atoms with Crippen molar-refractivity contribution in [2.24, 2.45) is 4.99 Å². The maximum atomic E-state index is 13.4. The van der Waals surface area contributed by atoms with E-state index in [-0.39, 0.29) is 35.8 Å². The van der Waals surface area contributed by atoms with Crippen molar-refractivity contribution in [3.63, 3.8) is 0 Å². The van der Waals surface area contributed by atoms with Crippen LogP contribution in [0.15, 0.2) is 29.3 Å². The standard InChI is InChI=1S/C21H35FN4O2.HI/c1-3-23-21(24-11-5-4-6-14-27-2)25-17-20(26-12-15-28-16-13-26)18-7-9-19(22)10-8-18;/h7-10,20H,3-6,11-17H2,1-2H3,(H2,23,24,25);1H. The van der Waals surface area contributed by atoms with Crippen LogP contribution in [0, 0.1) is 5.82 Å². The third-order valence-corrected chi connectivity index (χ3v) is 4.83. The highest BCUT2D eigenvalue weighted by Crippen LogP contribution is 2.22. The number of hydrogen-bond donors (Lipinski definition) is 2. The van der Waals surface area contributed by atoms with E-state index in [1.165, 1.54) is 12.1 Å². The van der Waals surface area contributed by atoms with Crippen LogP contribution >= 0.6 is 24.0 Å². The normalized spacial score (nSPS) is 16.2. The van der Waals surface area contributed by atoms with Crippen molar-refractivity contribution in [1.29, 1.82) is 0 Å². The summed E-state index contributed by atoms with van der Waals surface area (Å²) >= 11 is 0. The molecule has 0 aromatic heterocycles. The Bertz CT molecular complexity index is 568. The van der Waals surface area contributed by atoms with E-state index in [0.29, 0.717) is 6.54 Å². The Balaban J connectivity index is 0.00000420. The Labute approximate surface area is 191 Å². The van der Waals surface area contributed by atoms with Crippen LogP contribution in [0.4, 0.5) is 4.39 Å². The van der Waals surface area contributed by atoms with Gasteiger partial charge in [0.2, 0.25) is 0 Å². The van der Waals surface area contributed by atoms with Gasteiger partial charge in [-0.2, -0.15) is 0 Å². The molecular weight excluding hydrogens is 486 g/mol. The Hall–Kier alpha value is -0.970. The fourth-order valence-electron chi connectivity index (χ4n) is 3.28. The van der Waals surface area contributed by atoms with E-state index in [1.807, 2.05) is 12.1 Å². The Morgan fingerprint density at radius 1 is 1.17 bits per heavy atom. The molecule has 1 saturated heterocycles. The average Bonchev–Trinajstić information content (AvgIpc) is 2.72. The Morgan fingerprint density at radius 3 is 2.55 bits per heavy atom. The first-order chi connectivity index (χ1) is 13.7. The number of nitrogens with zero attached hydrogens (tertiary/aromatic N) is 2. The minimum absolute atomic E-state index is 0. The zero-order valence-corrected chi connectivity index (χ0v) is 20.0. The van der Waals surface area contributed by atoms with E-state index in [2.05, 4.69) is 22.5 Å². The maximum Gasteiger partial charge on any atom is 0.191 e. The molecule has 2 N–H and O–H groups in total. The van der Waals surface area contributed by atoms with Crippen molar-refractivity contribution in [2.45, 2.75) is 32.2 Å². The zero-order valence-electron chi connectivity index (χ0n) is 17.7. The van der Waals surface area contributed by atoms with Gasteiger partial charge in [0.15, 0.2) is 5.96 Å². The van der Waals surface area contributed by atoms with Gasteiger partial charge < -0.3 is 20.1 Å². The Kier molecular flexibility index (Phi) is 14.2. The topological polar surface area (TPSA) is 58.1 Å². The predicted molar refractivity (Wildman–Crippen MR) is 127 cm³/mol. The molecule has 1 atom stereocenters. The lowest BCUT2D eigenvalue weighted by Gasteiger charge is -2.34. The van der Waals surface area contributed by atoms with Crippen LogP contribution in [0.5, 0.6) is 0 Å². The van der Waals surface area contributed by atoms with Gasteiger partial charge in [-0.15, -0.1) is 24.0 Å². The van der Waals surface area contributed by atoms with E-state index in [0.717, 1.165) is 76.8 Å². The number of ether oxygens (including phenoxy) is 2. The summed E-state index contributed by atoms with van der Waals surface area (Å²) in [6.45, 7) is 8.36. The van der Waals surface area contributed by atoms with Crippen LogP contribution in [0.3, 0.4) is 0 Å². The van der Waals surface area contributed by atoms with Gasteiger partial charge in [-0.1, -0.05) is 12.1 Å². The number of unbranched alkanes of at least 4 members (excludes halogenated alkanes) is 2. The number of benzene rings is 1. The van der Waals surface area contributed by atoms with Gasteiger partial charge in [0.05, 0.1) is 25.8 Å². The molecule has 1 aliphatic heterocycles. The number of morpholine rings is 1. The molecule has 166 valence electrons. The van der Waals surface area contributed by atoms with Crippen molar-refractivity contribution >= 4 is 29.9 Å². The quantitative estimate of drug-likeness (QED) is 0.203. The number of methoxy groups -OCH3 is 1. The SMILES string of the molecule is CCNC(=NCC(c1ccc(F)cc1)N1CCOCC1)NCCCCCOC.I. The minimum Gasteiger partial charge on any atom is -0.385 e. The first-order valence-electron chi connectivity index (χ1n) is 10.3. The highest BCUT2D eigenvalue weighted by atomic mass is 127. The maximum absolute atomic E-state index is 13.4. The zero-order chi connectivity index (χ0) is 20.0. The molecular formula is C21H36FIN4O2. The van der Waals surface area contributed by atoms with Gasteiger partial charge in [-0.25, -0.2) is 4.39 Å². The molecule has 2 rings (SSSR count). The molecule has 0 radical (unpaired) electrons. The van der Waals surface area contributed by atoms with E-state index in [4.69, 9.17) is 14.5 Å². The van der Waals surface area contributed by atoms with Gasteiger partial charge >= 0.3 is 0 Å². The van der Waals surface area contributed by atoms with Crippen LogP contribution in [-0.4, -0.2) is 70.5 Å². The molecule has 29 heavy (non-hydrogen) atoms. The molecule has 0 aliphatic carbocycles. The number of guanidine groups is 1. The van der Waals surface area contributed by atoms with Crippen LogP contribution < -0.4 is 10.6 Å². The first-order valence-corrected chi connectivity index (χ1v) is 10.3. The number of nitrogens with one attached hydrogen (secondary N) is 2. The summed E-state index contributed by atoms with van der Waals surface area (Å²) in [5, 5.41) is 6.73. The summed E-state index contributed by atoms with van der Waals surface area (Å²) in [5.74, 6) is 0.617. The number of halogens is 2. The highest BCUT2D eigenvalue weighted by Gasteiger charge is 2.22. The van der Waals surface area contributed by atoms with Gasteiger partial charge in [-0.3, -0.25) is 9.89 Å². The lowest BCUT2D eigenvalue weighted by molar-refractivity contribution is 0.0179. The summed E-state index contributed by atoms with van der Waals surface area (Å²) < 4.78 is 23.9. The summed E-state index contributed by atoms with van der Waals surface area (Å²) in [4.78, 5) is 7.18. The van der Waals surface area contributed by atoms with E-state index < -0.39 is 0 Å². The highest BCUT2D eigenvalue weighted by molar-refractivity contribution is 14.0. The molecule has 1 fully saturated rings. The predicted octanol–water partition coefficient (Wildman–Crippen LogP) is 3.19. The fourth-order valence-corrected chi connectivity index (χ4v) is 3.28. The summed E-state index contributed by atoms with van der Waals surface area (Å²) in [5.41, 5.74) is 1.09. The van der Waals surface area contributed by atoms with Gasteiger partial charge in [0.25, 0.3) is 0 Å². The average molecular weight is 522 g/mol. The largest absolute Gasteiger partial charge is 0.385 e. The third kappa shape index (κ3) is 10.1. The fraction of sp³-hybridized carbons (Fsp3) is 0.667. The van der Waals surface area contributed by atoms with Crippen molar-refractivity contribution < 1.29 is 13.9 Å². The Morgan fingerprint density at radius 2 is 1.90 bits per heavy atom. The molecule has 0 bridgehead atoms. The molecule has 1 aromatic carbocycles. The van der Waals surface area contributed by atoms with Crippen molar-refractivity contribution in [3.05, 3.63) is 35.6 Å². The van der Waals surface area contributed by atoms with Gasteiger partial charge in [0, 0.05) is 39.9 Å². The minimum atomic E-state index is -0.212. The summed E-state index contributed by atoms with van der Waals surface area (Å²) in [7, 11) is 1.74. The number of aliphatic imine (C=N–C) groups is 1. The molecule has 1 unspecified atom stereocenters. The summed E-state index contributed by atoms with van der Waals surface area (Å²) in [6, 6.07) is 6.88. The van der Waals surface area contributed by atoms with Crippen LogP contribution in [-0.2, 0) is 9.47 Å². The molecule has 0 saturated carbocycles. The summed E-state index contributed by atoms with van der Waals surface area (Å²) in [6.07, 6.45) is 3.29. The lowest BCUT2D eigenvalue weighted by Crippen LogP contribution is -2.42. The van der Waals surface area contributed by atoms with E-state index in [9.17, 15) is 4.39 Å². The molecule has 6 nitrogen and oxygen atoms in total. The second-order valence-corrected chi connectivity index (χ2v) is 6.92. The number of hydrogen-bond acceptors (Lipinski definition) is 4. The van der Waals surface area contributed by atoms with Gasteiger partial charge in [-0.05, 0) is 43.9 Å². The second-order valence-electron chi connectivity index (χ2n) is 6.92. The molecule has 8 heteroatoms. The molecule has 0 spiro atoms. The lowest BCUT2D eigenvalue weighted by atomic mass is 10.0. The molecule has 1 aromatic rings. The van der Waals surface area contributed by atoms with Crippen LogP contribution in [0.1, 0.15) is 37.8 Å². The van der Waals surface area contributed by atoms with Crippen LogP contribution in [0.2, 0.25) is 0 Å². The molecule has 1 aliphatic rings. The van der Waals surface area contributed by atoms with Gasteiger partial charge in [0.1, 0.15) is 5.82 Å². The third-order valence-electron chi connectivity index (χ3n) is 4.83. The molecule has 1 heterocycles. The van der Waals surface area contributed by atoms with Crippen molar-refractivity contribution in [2.75, 3.05) is 59.7 Å². The van der Waals surface area contributed by atoms with Crippen LogP contribution in [0.25, 0.3) is 0 Å². The molecule has 0 amide bonds. The van der Waals surface area contributed by atoms with E-state index >= 15 is 0 Å². The second kappa shape index (κ2) is 15.8.